The molecule has 0 spiro atoms. The summed E-state index contributed by atoms with van der Waals surface area (Å²) in [6.07, 6.45) is -0.294. The third kappa shape index (κ3) is 5.68. The number of rotatable bonds is 8. The number of anilines is 1. The van der Waals surface area contributed by atoms with Crippen molar-refractivity contribution in [1.29, 1.82) is 0 Å². The van der Waals surface area contributed by atoms with Crippen molar-refractivity contribution in [3.8, 4) is 11.6 Å². The predicted molar refractivity (Wildman–Crippen MR) is 127 cm³/mol. The van der Waals surface area contributed by atoms with Gasteiger partial charge in [-0.05, 0) is 48.7 Å². The van der Waals surface area contributed by atoms with Crippen molar-refractivity contribution in [2.24, 2.45) is 0 Å². The largest absolute Gasteiger partial charge is 0.463 e. The summed E-state index contributed by atoms with van der Waals surface area (Å²) in [5.41, 5.74) is 3.16. The number of amides is 1. The Labute approximate surface area is 192 Å². The van der Waals surface area contributed by atoms with Gasteiger partial charge in [0.05, 0.1) is 5.69 Å². The van der Waals surface area contributed by atoms with E-state index < -0.39 is 6.10 Å². The highest BCUT2D eigenvalue weighted by Gasteiger charge is 2.19. The first kappa shape index (κ1) is 23.3. The fraction of sp³-hybridized carbons (Fsp3) is 0.292. The van der Waals surface area contributed by atoms with E-state index in [1.54, 1.807) is 12.1 Å². The van der Waals surface area contributed by atoms with Gasteiger partial charge in [-0.3, -0.25) is 9.59 Å². The number of aryl methyl sites for hydroxylation is 1. The van der Waals surface area contributed by atoms with Crippen molar-refractivity contribution in [1.82, 2.24) is 15.1 Å². The maximum atomic E-state index is 12.7. The van der Waals surface area contributed by atoms with Crippen LogP contribution >= 0.6 is 11.6 Å². The van der Waals surface area contributed by atoms with Gasteiger partial charge in [0.15, 0.2) is 6.10 Å². The van der Waals surface area contributed by atoms with Gasteiger partial charge in [-0.1, -0.05) is 36.7 Å². The van der Waals surface area contributed by atoms with Crippen LogP contribution in [0, 0.1) is 6.92 Å². The Morgan fingerprint density at radius 2 is 1.88 bits per heavy atom. The van der Waals surface area contributed by atoms with E-state index in [1.807, 2.05) is 63.2 Å². The topological polar surface area (TPSA) is 76.5 Å². The Kier molecular flexibility index (Phi) is 7.53. The number of hydrogen-bond donors (Lipinski definition) is 1. The lowest BCUT2D eigenvalue weighted by Crippen LogP contribution is -2.38. The second-order valence-corrected chi connectivity index (χ2v) is 8.08. The van der Waals surface area contributed by atoms with E-state index >= 15 is 0 Å². The van der Waals surface area contributed by atoms with Crippen LogP contribution in [0.4, 0.5) is 5.69 Å². The summed E-state index contributed by atoms with van der Waals surface area (Å²) in [5.74, 6) is -0.0658. The number of ether oxygens (including phenoxy) is 1. The lowest BCUT2D eigenvalue weighted by molar-refractivity contribution is -0.128. The van der Waals surface area contributed by atoms with E-state index in [4.69, 9.17) is 16.3 Å². The first-order valence-electron chi connectivity index (χ1n) is 10.4. The van der Waals surface area contributed by atoms with Gasteiger partial charge in [0, 0.05) is 43.5 Å². The van der Waals surface area contributed by atoms with E-state index in [-0.39, 0.29) is 17.3 Å². The molecule has 3 rings (SSSR count). The van der Waals surface area contributed by atoms with Gasteiger partial charge in [-0.2, -0.15) is 4.68 Å². The van der Waals surface area contributed by atoms with Crippen LogP contribution in [0.15, 0.2) is 59.4 Å². The molecule has 0 aliphatic heterocycles. The lowest BCUT2D eigenvalue weighted by Gasteiger charge is -2.18. The molecule has 0 bridgehead atoms. The molecule has 1 N–H and O–H groups in total. The number of halogens is 1. The van der Waals surface area contributed by atoms with Gasteiger partial charge in [-0.25, -0.2) is 0 Å². The quantitative estimate of drug-likeness (QED) is 0.561. The average molecular weight is 455 g/mol. The second-order valence-electron chi connectivity index (χ2n) is 7.65. The minimum atomic E-state index is -0.741. The SMILES string of the molecule is CCC(Oc1ccc(=O)n(-c2cc(Cl)ccc2C)n1)C(=O)NCc1ccc(N(C)C)cc1. The molecular formula is C24H27ClN4O3. The van der Waals surface area contributed by atoms with Crippen molar-refractivity contribution < 1.29 is 9.53 Å². The predicted octanol–water partition coefficient (Wildman–Crippen LogP) is 3.73. The van der Waals surface area contributed by atoms with Crippen LogP contribution in [0.1, 0.15) is 24.5 Å². The Hall–Kier alpha value is -3.32. The number of benzene rings is 2. The third-order valence-corrected chi connectivity index (χ3v) is 5.26. The number of carbonyl (C=O) groups excluding carboxylic acids is 1. The van der Waals surface area contributed by atoms with Gasteiger partial charge in [0.1, 0.15) is 0 Å². The third-order valence-electron chi connectivity index (χ3n) is 5.02. The molecule has 1 aromatic heterocycles. The molecule has 7 nitrogen and oxygen atoms in total. The van der Waals surface area contributed by atoms with Crippen LogP contribution in [-0.4, -0.2) is 35.9 Å². The molecule has 8 heteroatoms. The summed E-state index contributed by atoms with van der Waals surface area (Å²) in [6, 6.07) is 16.0. The average Bonchev–Trinajstić information content (AvgIpc) is 2.78. The van der Waals surface area contributed by atoms with Gasteiger partial charge in [0.25, 0.3) is 11.5 Å². The first-order chi connectivity index (χ1) is 15.3. The van der Waals surface area contributed by atoms with Gasteiger partial charge < -0.3 is 15.0 Å². The smallest absolute Gasteiger partial charge is 0.271 e. The minimum absolute atomic E-state index is 0.182. The summed E-state index contributed by atoms with van der Waals surface area (Å²) in [7, 11) is 3.95. The zero-order valence-electron chi connectivity index (χ0n) is 18.6. The molecule has 1 atom stereocenters. The summed E-state index contributed by atoms with van der Waals surface area (Å²) in [6.45, 7) is 4.11. The maximum absolute atomic E-state index is 12.7. The Morgan fingerprint density at radius 3 is 2.53 bits per heavy atom. The van der Waals surface area contributed by atoms with Gasteiger partial charge in [-0.15, -0.1) is 5.10 Å². The molecule has 0 radical (unpaired) electrons. The second kappa shape index (κ2) is 10.3. The highest BCUT2D eigenvalue weighted by Crippen LogP contribution is 2.19. The molecular weight excluding hydrogens is 428 g/mol. The van der Waals surface area contributed by atoms with E-state index in [0.29, 0.717) is 23.7 Å². The number of hydrogen-bond acceptors (Lipinski definition) is 5. The van der Waals surface area contributed by atoms with E-state index in [9.17, 15) is 9.59 Å². The van der Waals surface area contributed by atoms with E-state index in [2.05, 4.69) is 10.4 Å². The normalized spacial score (nSPS) is 11.7. The molecule has 1 unspecified atom stereocenters. The standard InChI is InChI=1S/C24H27ClN4O3/c1-5-21(24(31)26-15-17-7-10-19(11-8-17)28(3)4)32-22-12-13-23(30)29(27-22)20-14-18(25)9-6-16(20)2/h6-14,21H,5,15H2,1-4H3,(H,26,31). The summed E-state index contributed by atoms with van der Waals surface area (Å²) in [5, 5.41) is 7.70. The highest BCUT2D eigenvalue weighted by molar-refractivity contribution is 6.30. The van der Waals surface area contributed by atoms with Gasteiger partial charge in [0.2, 0.25) is 5.88 Å². The monoisotopic (exact) mass is 454 g/mol. The fourth-order valence-electron chi connectivity index (χ4n) is 3.12. The van der Waals surface area contributed by atoms with Crippen molar-refractivity contribution in [3.63, 3.8) is 0 Å². The Balaban J connectivity index is 1.71. The summed E-state index contributed by atoms with van der Waals surface area (Å²) < 4.78 is 7.06. The Bertz CT molecular complexity index is 1140. The number of nitrogens with one attached hydrogen (secondary N) is 1. The highest BCUT2D eigenvalue weighted by atomic mass is 35.5. The zero-order valence-corrected chi connectivity index (χ0v) is 19.4. The Morgan fingerprint density at radius 1 is 1.16 bits per heavy atom. The number of carbonyl (C=O) groups is 1. The number of aromatic nitrogens is 2. The molecule has 1 amide bonds. The van der Waals surface area contributed by atoms with Crippen LogP contribution in [0.5, 0.6) is 5.88 Å². The van der Waals surface area contributed by atoms with E-state index in [0.717, 1.165) is 16.8 Å². The van der Waals surface area contributed by atoms with Crippen molar-refractivity contribution in [2.45, 2.75) is 32.9 Å². The molecule has 3 aromatic rings. The molecule has 0 aliphatic rings. The molecule has 0 aliphatic carbocycles. The first-order valence-corrected chi connectivity index (χ1v) is 10.7. The molecule has 0 saturated heterocycles. The molecule has 0 fully saturated rings. The lowest BCUT2D eigenvalue weighted by atomic mass is 10.2. The summed E-state index contributed by atoms with van der Waals surface area (Å²) >= 11 is 6.09. The molecule has 1 heterocycles. The maximum Gasteiger partial charge on any atom is 0.271 e. The summed E-state index contributed by atoms with van der Waals surface area (Å²) in [4.78, 5) is 27.1. The minimum Gasteiger partial charge on any atom is -0.463 e. The van der Waals surface area contributed by atoms with Crippen molar-refractivity contribution in [3.05, 3.63) is 81.1 Å². The van der Waals surface area contributed by atoms with Crippen molar-refractivity contribution in [2.75, 3.05) is 19.0 Å². The van der Waals surface area contributed by atoms with Crippen LogP contribution in [0.3, 0.4) is 0 Å². The fourth-order valence-corrected chi connectivity index (χ4v) is 3.29. The van der Waals surface area contributed by atoms with Crippen molar-refractivity contribution >= 4 is 23.2 Å². The van der Waals surface area contributed by atoms with Crippen LogP contribution in [-0.2, 0) is 11.3 Å². The number of nitrogens with zero attached hydrogens (tertiary/aromatic N) is 3. The molecule has 2 aromatic carbocycles. The zero-order chi connectivity index (χ0) is 23.3. The van der Waals surface area contributed by atoms with Crippen LogP contribution in [0.25, 0.3) is 5.69 Å². The molecule has 168 valence electrons. The molecule has 0 saturated carbocycles. The van der Waals surface area contributed by atoms with E-state index in [1.165, 1.54) is 16.8 Å². The van der Waals surface area contributed by atoms with Gasteiger partial charge >= 0.3 is 0 Å². The molecule has 32 heavy (non-hydrogen) atoms. The van der Waals surface area contributed by atoms with Crippen LogP contribution in [0.2, 0.25) is 5.02 Å². The van der Waals surface area contributed by atoms with Crippen LogP contribution < -0.4 is 20.5 Å².